The largest absolute Gasteiger partial charge is 0.393 e. The summed E-state index contributed by atoms with van der Waals surface area (Å²) in [5.41, 5.74) is 8.55. The third-order valence-electron chi connectivity index (χ3n) is 5.72. The molecule has 1 saturated carbocycles. The topological polar surface area (TPSA) is 113 Å². The van der Waals surface area contributed by atoms with Gasteiger partial charge in [-0.2, -0.15) is 4.98 Å². The number of hydrogen-bond acceptors (Lipinski definition) is 6. The number of hydrogen-bond donors (Lipinski definition) is 4. The van der Waals surface area contributed by atoms with Crippen molar-refractivity contribution in [3.63, 3.8) is 0 Å². The number of aryl methyl sites for hydroxylation is 1. The second kappa shape index (κ2) is 8.14. The average Bonchev–Trinajstić information content (AvgIpc) is 2.68. The Hall–Kier alpha value is -2.67. The van der Waals surface area contributed by atoms with Crippen LogP contribution in [0.15, 0.2) is 30.5 Å². The third kappa shape index (κ3) is 4.25. The molecule has 0 spiro atoms. The predicted octanol–water partition coefficient (Wildman–Crippen LogP) is 2.26. The van der Waals surface area contributed by atoms with Crippen molar-refractivity contribution >= 4 is 17.7 Å². The molecule has 1 unspecified atom stereocenters. The van der Waals surface area contributed by atoms with Crippen molar-refractivity contribution in [1.82, 2.24) is 9.97 Å². The van der Waals surface area contributed by atoms with Gasteiger partial charge in [-0.15, -0.1) is 0 Å². The molecule has 28 heavy (non-hydrogen) atoms. The summed E-state index contributed by atoms with van der Waals surface area (Å²) in [6, 6.07) is 8.83. The van der Waals surface area contributed by atoms with Crippen molar-refractivity contribution < 1.29 is 9.90 Å². The van der Waals surface area contributed by atoms with Crippen LogP contribution in [0.4, 0.5) is 11.8 Å². The molecule has 2 aromatic rings. The molecule has 5 N–H and O–H groups in total. The number of carbonyl (C=O) groups is 1. The van der Waals surface area contributed by atoms with E-state index in [2.05, 4.69) is 44.9 Å². The van der Waals surface area contributed by atoms with E-state index in [1.165, 1.54) is 17.3 Å². The molecule has 0 bridgehead atoms. The molecule has 1 heterocycles. The van der Waals surface area contributed by atoms with Crippen molar-refractivity contribution in [3.8, 4) is 0 Å². The fraction of sp³-hybridized carbons (Fsp3) is 0.476. The highest BCUT2D eigenvalue weighted by Gasteiger charge is 2.24. The van der Waals surface area contributed by atoms with Crippen molar-refractivity contribution in [2.75, 3.05) is 10.6 Å². The summed E-state index contributed by atoms with van der Waals surface area (Å²) in [7, 11) is 0. The third-order valence-corrected chi connectivity index (χ3v) is 5.72. The molecule has 1 aromatic heterocycles. The van der Waals surface area contributed by atoms with Crippen LogP contribution >= 0.6 is 0 Å². The van der Waals surface area contributed by atoms with Crippen molar-refractivity contribution in [3.05, 3.63) is 47.2 Å². The lowest BCUT2D eigenvalue weighted by molar-refractivity contribution is 0.100. The van der Waals surface area contributed by atoms with Crippen molar-refractivity contribution in [2.45, 2.75) is 63.1 Å². The van der Waals surface area contributed by atoms with E-state index in [-0.39, 0.29) is 23.8 Å². The summed E-state index contributed by atoms with van der Waals surface area (Å²) in [5, 5.41) is 16.6. The number of nitrogens with two attached hydrogens (primary N) is 1. The molecule has 7 heteroatoms. The van der Waals surface area contributed by atoms with Crippen molar-refractivity contribution in [1.29, 1.82) is 0 Å². The normalized spacial score (nSPS) is 24.2. The molecule has 1 fully saturated rings. The van der Waals surface area contributed by atoms with Gasteiger partial charge in [0, 0.05) is 18.3 Å². The smallest absolute Gasteiger partial charge is 0.254 e. The van der Waals surface area contributed by atoms with Gasteiger partial charge < -0.3 is 21.5 Å². The number of aliphatic hydroxyl groups is 1. The fourth-order valence-electron chi connectivity index (χ4n) is 4.23. The molecule has 4 rings (SSSR count). The van der Waals surface area contributed by atoms with E-state index in [1.807, 2.05) is 0 Å². The first-order valence-corrected chi connectivity index (χ1v) is 10.0. The molecular formula is C21H27N5O2. The number of amides is 1. The number of rotatable bonds is 5. The summed E-state index contributed by atoms with van der Waals surface area (Å²) in [5.74, 6) is 0.380. The Balaban J connectivity index is 1.49. The van der Waals surface area contributed by atoms with Gasteiger partial charge in [-0.05, 0) is 56.1 Å². The van der Waals surface area contributed by atoms with E-state index in [9.17, 15) is 9.90 Å². The number of nitrogens with one attached hydrogen (secondary N) is 2. The van der Waals surface area contributed by atoms with Crippen LogP contribution in [0.2, 0.25) is 0 Å². The number of fused-ring (bicyclic) bond motifs is 1. The first-order valence-electron chi connectivity index (χ1n) is 10.0. The van der Waals surface area contributed by atoms with Crippen LogP contribution in [0, 0.1) is 0 Å². The zero-order chi connectivity index (χ0) is 19.5. The number of aliphatic hydroxyl groups excluding tert-OH is 1. The van der Waals surface area contributed by atoms with Gasteiger partial charge in [0.1, 0.15) is 5.82 Å². The quantitative estimate of drug-likeness (QED) is 0.632. The van der Waals surface area contributed by atoms with Crippen LogP contribution in [-0.4, -0.2) is 39.2 Å². The molecule has 7 nitrogen and oxygen atoms in total. The highest BCUT2D eigenvalue weighted by atomic mass is 16.3. The molecule has 3 atom stereocenters. The minimum atomic E-state index is -0.558. The van der Waals surface area contributed by atoms with Gasteiger partial charge in [-0.1, -0.05) is 24.3 Å². The molecule has 1 aromatic carbocycles. The first-order chi connectivity index (χ1) is 13.6. The standard InChI is InChI=1S/C21H27N5O2/c22-19(28)18-12-23-21(26-20(18)24-15-6-3-7-17(27)11-15)25-16-9-8-13-4-1-2-5-14(13)10-16/h1-2,4-5,12,15-17,27H,3,6-11H2,(H2,22,28)(H2,23,24,25,26)/t15-,16-,17?/m1/s1. The van der Waals surface area contributed by atoms with Crippen molar-refractivity contribution in [2.24, 2.45) is 5.73 Å². The zero-order valence-corrected chi connectivity index (χ0v) is 15.9. The molecule has 2 aliphatic rings. The van der Waals surface area contributed by atoms with Gasteiger partial charge in [-0.3, -0.25) is 4.79 Å². The first kappa shape index (κ1) is 18.7. The minimum Gasteiger partial charge on any atom is -0.393 e. The Morgan fingerprint density at radius 2 is 1.93 bits per heavy atom. The molecule has 148 valence electrons. The zero-order valence-electron chi connectivity index (χ0n) is 15.9. The minimum absolute atomic E-state index is 0.0751. The molecule has 1 amide bonds. The van der Waals surface area contributed by atoms with Crippen LogP contribution in [0.5, 0.6) is 0 Å². The summed E-state index contributed by atoms with van der Waals surface area (Å²) >= 11 is 0. The van der Waals surface area contributed by atoms with Gasteiger partial charge in [0.15, 0.2) is 0 Å². The molecular weight excluding hydrogens is 354 g/mol. The fourth-order valence-corrected chi connectivity index (χ4v) is 4.23. The maximum atomic E-state index is 11.8. The summed E-state index contributed by atoms with van der Waals surface area (Å²) in [6.07, 6.45) is 7.47. The monoisotopic (exact) mass is 381 g/mol. The van der Waals surface area contributed by atoms with E-state index in [4.69, 9.17) is 5.73 Å². The second-order valence-electron chi connectivity index (χ2n) is 7.83. The van der Waals surface area contributed by atoms with E-state index in [1.54, 1.807) is 0 Å². The van der Waals surface area contributed by atoms with Gasteiger partial charge in [-0.25, -0.2) is 4.98 Å². The van der Waals surface area contributed by atoms with Crippen LogP contribution in [-0.2, 0) is 12.8 Å². The highest BCUT2D eigenvalue weighted by Crippen LogP contribution is 2.25. The van der Waals surface area contributed by atoms with Gasteiger partial charge >= 0.3 is 0 Å². The Labute approximate surface area is 164 Å². The van der Waals surface area contributed by atoms with Crippen LogP contribution in [0.25, 0.3) is 0 Å². The summed E-state index contributed by atoms with van der Waals surface area (Å²) in [4.78, 5) is 20.7. The maximum absolute atomic E-state index is 11.8. The molecule has 0 saturated heterocycles. The number of benzene rings is 1. The van der Waals surface area contributed by atoms with E-state index in [0.29, 0.717) is 18.2 Å². The average molecular weight is 381 g/mol. The van der Waals surface area contributed by atoms with E-state index < -0.39 is 5.91 Å². The van der Waals surface area contributed by atoms with E-state index >= 15 is 0 Å². The number of primary amides is 1. The number of nitrogens with zero attached hydrogens (tertiary/aromatic N) is 2. The second-order valence-corrected chi connectivity index (χ2v) is 7.83. The Morgan fingerprint density at radius 1 is 1.11 bits per heavy atom. The SMILES string of the molecule is NC(=O)c1cnc(N[C@@H]2CCc3ccccc3C2)nc1N[C@@H]1CCCC(O)C1. The molecule has 2 aliphatic carbocycles. The van der Waals surface area contributed by atoms with Crippen LogP contribution in [0.3, 0.4) is 0 Å². The lowest BCUT2D eigenvalue weighted by Crippen LogP contribution is -2.32. The summed E-state index contributed by atoms with van der Waals surface area (Å²) in [6.45, 7) is 0. The Morgan fingerprint density at radius 3 is 2.71 bits per heavy atom. The number of anilines is 2. The van der Waals surface area contributed by atoms with Gasteiger partial charge in [0.05, 0.1) is 11.7 Å². The Kier molecular flexibility index (Phi) is 5.43. The predicted molar refractivity (Wildman–Crippen MR) is 108 cm³/mol. The number of carbonyl (C=O) groups excluding carboxylic acids is 1. The van der Waals surface area contributed by atoms with Gasteiger partial charge in [0.25, 0.3) is 5.91 Å². The van der Waals surface area contributed by atoms with Crippen LogP contribution in [0.1, 0.15) is 53.6 Å². The molecule has 0 radical (unpaired) electrons. The van der Waals surface area contributed by atoms with E-state index in [0.717, 1.165) is 38.5 Å². The highest BCUT2D eigenvalue weighted by molar-refractivity contribution is 5.97. The lowest BCUT2D eigenvalue weighted by Gasteiger charge is -2.28. The summed E-state index contributed by atoms with van der Waals surface area (Å²) < 4.78 is 0. The lowest BCUT2D eigenvalue weighted by atomic mass is 9.88. The maximum Gasteiger partial charge on any atom is 0.254 e. The van der Waals surface area contributed by atoms with Crippen LogP contribution < -0.4 is 16.4 Å². The number of aromatic nitrogens is 2. The Bertz CT molecular complexity index is 856. The molecule has 0 aliphatic heterocycles. The van der Waals surface area contributed by atoms with Gasteiger partial charge in [0.2, 0.25) is 5.95 Å².